The minimum atomic E-state index is -0.339. The van der Waals surface area contributed by atoms with Crippen LogP contribution in [0.25, 0.3) is 10.2 Å². The lowest BCUT2D eigenvalue weighted by Crippen LogP contribution is -2.19. The lowest BCUT2D eigenvalue weighted by molar-refractivity contribution is -0.140. The Morgan fingerprint density at radius 3 is 2.67 bits per heavy atom. The van der Waals surface area contributed by atoms with Crippen LogP contribution in [0.5, 0.6) is 11.5 Å². The molecule has 0 spiro atoms. The highest BCUT2D eigenvalue weighted by Crippen LogP contribution is 2.37. The molecule has 138 valence electrons. The average molecular weight is 384 g/mol. The SMILES string of the molecule is COC(=O)CCn1c(=NC(=O)c2ccccc2)sc2cc3c(cc21)OCO3. The molecule has 0 saturated heterocycles. The minimum absolute atomic E-state index is 0.170. The van der Waals surface area contributed by atoms with Gasteiger partial charge >= 0.3 is 5.97 Å². The van der Waals surface area contributed by atoms with Crippen LogP contribution in [0.3, 0.4) is 0 Å². The van der Waals surface area contributed by atoms with Crippen molar-refractivity contribution in [2.24, 2.45) is 4.99 Å². The molecule has 0 aliphatic carbocycles. The molecule has 3 aromatic rings. The van der Waals surface area contributed by atoms with E-state index in [-0.39, 0.29) is 25.1 Å². The number of amides is 1. The van der Waals surface area contributed by atoms with E-state index in [1.54, 1.807) is 24.3 Å². The Bertz CT molecular complexity index is 1080. The maximum atomic E-state index is 12.5. The molecule has 2 heterocycles. The van der Waals surface area contributed by atoms with Crippen molar-refractivity contribution in [1.82, 2.24) is 4.57 Å². The maximum absolute atomic E-state index is 12.5. The second-order valence-electron chi connectivity index (χ2n) is 5.82. The molecule has 0 bridgehead atoms. The van der Waals surface area contributed by atoms with Crippen LogP contribution in [0.2, 0.25) is 0 Å². The van der Waals surface area contributed by atoms with Gasteiger partial charge in [0.1, 0.15) is 0 Å². The molecule has 27 heavy (non-hydrogen) atoms. The number of carbonyl (C=O) groups is 2. The van der Waals surface area contributed by atoms with Crippen molar-refractivity contribution in [2.45, 2.75) is 13.0 Å². The van der Waals surface area contributed by atoms with Crippen molar-refractivity contribution in [2.75, 3.05) is 13.9 Å². The number of hydrogen-bond acceptors (Lipinski definition) is 6. The second-order valence-corrected chi connectivity index (χ2v) is 6.83. The zero-order chi connectivity index (χ0) is 18.8. The number of aromatic nitrogens is 1. The van der Waals surface area contributed by atoms with Gasteiger partial charge in [-0.25, -0.2) is 0 Å². The largest absolute Gasteiger partial charge is 0.469 e. The van der Waals surface area contributed by atoms with E-state index in [9.17, 15) is 9.59 Å². The Balaban J connectivity index is 1.81. The number of thiazole rings is 1. The molecule has 0 N–H and O–H groups in total. The summed E-state index contributed by atoms with van der Waals surface area (Å²) < 4.78 is 18.3. The van der Waals surface area contributed by atoms with Crippen LogP contribution in [0.15, 0.2) is 47.5 Å². The molecule has 1 aliphatic rings. The Morgan fingerprint density at radius 2 is 1.93 bits per heavy atom. The lowest BCUT2D eigenvalue weighted by atomic mass is 10.2. The van der Waals surface area contributed by atoms with Crippen molar-refractivity contribution in [3.8, 4) is 11.5 Å². The highest BCUT2D eigenvalue weighted by atomic mass is 32.1. The molecule has 0 fully saturated rings. The predicted molar refractivity (Wildman–Crippen MR) is 98.9 cm³/mol. The third-order valence-electron chi connectivity index (χ3n) is 4.16. The fraction of sp³-hybridized carbons (Fsp3) is 0.211. The van der Waals surface area contributed by atoms with E-state index in [0.29, 0.717) is 28.4 Å². The van der Waals surface area contributed by atoms with Crippen LogP contribution in [-0.2, 0) is 16.1 Å². The van der Waals surface area contributed by atoms with Crippen molar-refractivity contribution >= 4 is 33.4 Å². The summed E-state index contributed by atoms with van der Waals surface area (Å²) in [6.45, 7) is 0.520. The highest BCUT2D eigenvalue weighted by molar-refractivity contribution is 7.16. The molecule has 0 atom stereocenters. The number of benzene rings is 2. The van der Waals surface area contributed by atoms with E-state index in [1.165, 1.54) is 18.4 Å². The molecule has 0 unspecified atom stereocenters. The maximum Gasteiger partial charge on any atom is 0.307 e. The highest BCUT2D eigenvalue weighted by Gasteiger charge is 2.18. The van der Waals surface area contributed by atoms with Crippen LogP contribution in [0, 0.1) is 0 Å². The third kappa shape index (κ3) is 3.43. The number of fused-ring (bicyclic) bond motifs is 2. The quantitative estimate of drug-likeness (QED) is 0.646. The summed E-state index contributed by atoms with van der Waals surface area (Å²) in [6, 6.07) is 12.6. The molecule has 1 aliphatic heterocycles. The summed E-state index contributed by atoms with van der Waals surface area (Å²) in [7, 11) is 1.35. The second kappa shape index (κ2) is 7.24. The van der Waals surface area contributed by atoms with E-state index in [2.05, 4.69) is 4.99 Å². The molecule has 4 rings (SSSR count). The van der Waals surface area contributed by atoms with E-state index in [4.69, 9.17) is 14.2 Å². The molecule has 1 aromatic heterocycles. The Kier molecular flexibility index (Phi) is 4.64. The van der Waals surface area contributed by atoms with Crippen LogP contribution in [-0.4, -0.2) is 30.3 Å². The van der Waals surface area contributed by atoms with Crippen molar-refractivity contribution in [3.05, 3.63) is 52.8 Å². The number of ether oxygens (including phenoxy) is 3. The van der Waals surface area contributed by atoms with Gasteiger partial charge in [-0.05, 0) is 12.1 Å². The first-order chi connectivity index (χ1) is 13.2. The van der Waals surface area contributed by atoms with Crippen LogP contribution in [0.4, 0.5) is 0 Å². The van der Waals surface area contributed by atoms with Crippen molar-refractivity contribution < 1.29 is 23.8 Å². The smallest absolute Gasteiger partial charge is 0.307 e. The standard InChI is InChI=1S/C19H16N2O5S/c1-24-17(22)7-8-21-13-9-14-15(26-11-25-14)10-16(13)27-19(21)20-18(23)12-5-3-2-4-6-12/h2-6,9-10H,7-8,11H2,1H3. The Labute approximate surface area is 158 Å². The number of nitrogens with zero attached hydrogens (tertiary/aromatic N) is 2. The third-order valence-corrected chi connectivity index (χ3v) is 5.20. The summed E-state index contributed by atoms with van der Waals surface area (Å²) in [5.74, 6) is 0.620. The van der Waals surface area contributed by atoms with E-state index >= 15 is 0 Å². The first-order valence-corrected chi connectivity index (χ1v) is 9.11. The normalized spacial score (nSPS) is 13.1. The summed E-state index contributed by atoms with van der Waals surface area (Å²) in [4.78, 5) is 28.9. The van der Waals surface area contributed by atoms with Crippen LogP contribution in [0.1, 0.15) is 16.8 Å². The Morgan fingerprint density at radius 1 is 1.19 bits per heavy atom. The fourth-order valence-electron chi connectivity index (χ4n) is 2.80. The first-order valence-electron chi connectivity index (χ1n) is 8.29. The number of carbonyl (C=O) groups excluding carboxylic acids is 2. The van der Waals surface area contributed by atoms with Crippen LogP contribution < -0.4 is 14.3 Å². The van der Waals surface area contributed by atoms with Crippen molar-refractivity contribution in [3.63, 3.8) is 0 Å². The fourth-order valence-corrected chi connectivity index (χ4v) is 3.86. The molecule has 2 aromatic carbocycles. The zero-order valence-corrected chi connectivity index (χ0v) is 15.3. The summed E-state index contributed by atoms with van der Waals surface area (Å²) in [5.41, 5.74) is 1.33. The van der Waals surface area contributed by atoms with Gasteiger partial charge in [0.2, 0.25) is 6.79 Å². The molecule has 8 heteroatoms. The van der Waals surface area contributed by atoms with Gasteiger partial charge in [-0.2, -0.15) is 4.99 Å². The molecular weight excluding hydrogens is 368 g/mol. The summed E-state index contributed by atoms with van der Waals surface area (Å²) >= 11 is 1.36. The molecular formula is C19H16N2O5S. The number of rotatable bonds is 4. The van der Waals surface area contributed by atoms with Gasteiger partial charge in [-0.15, -0.1) is 0 Å². The number of aryl methyl sites for hydroxylation is 1. The molecule has 1 amide bonds. The molecule has 7 nitrogen and oxygen atoms in total. The minimum Gasteiger partial charge on any atom is -0.469 e. The van der Waals surface area contributed by atoms with Crippen molar-refractivity contribution in [1.29, 1.82) is 0 Å². The van der Waals surface area contributed by atoms with E-state index in [1.807, 2.05) is 22.8 Å². The number of hydrogen-bond donors (Lipinski definition) is 0. The van der Waals surface area contributed by atoms with E-state index < -0.39 is 0 Å². The van der Waals surface area contributed by atoms with Gasteiger partial charge in [-0.1, -0.05) is 29.5 Å². The lowest BCUT2D eigenvalue weighted by Gasteiger charge is -2.05. The number of esters is 1. The average Bonchev–Trinajstić information content (AvgIpc) is 3.28. The van der Waals surface area contributed by atoms with Gasteiger partial charge in [-0.3, -0.25) is 9.59 Å². The Hall–Kier alpha value is -3.13. The first kappa shape index (κ1) is 17.3. The molecule has 0 radical (unpaired) electrons. The van der Waals surface area contributed by atoms with E-state index in [0.717, 1.165) is 10.2 Å². The predicted octanol–water partition coefficient (Wildman–Crippen LogP) is 2.74. The van der Waals surface area contributed by atoms with Gasteiger partial charge in [0.05, 0.1) is 23.7 Å². The zero-order valence-electron chi connectivity index (χ0n) is 14.5. The van der Waals surface area contributed by atoms with Gasteiger partial charge in [0.15, 0.2) is 16.3 Å². The summed E-state index contributed by atoms with van der Waals surface area (Å²) in [6.07, 6.45) is 0.170. The number of methoxy groups -OCH3 is 1. The monoisotopic (exact) mass is 384 g/mol. The van der Waals surface area contributed by atoms with Gasteiger partial charge in [0, 0.05) is 24.2 Å². The summed E-state index contributed by atoms with van der Waals surface area (Å²) in [5, 5.41) is 0. The molecule has 0 saturated carbocycles. The topological polar surface area (TPSA) is 79.1 Å². The van der Waals surface area contributed by atoms with Gasteiger partial charge < -0.3 is 18.8 Å². The van der Waals surface area contributed by atoms with Crippen LogP contribution >= 0.6 is 11.3 Å². The van der Waals surface area contributed by atoms with Gasteiger partial charge in [0.25, 0.3) is 5.91 Å².